The van der Waals surface area contributed by atoms with Gasteiger partial charge in [0, 0.05) is 23.2 Å². The van der Waals surface area contributed by atoms with Crippen molar-refractivity contribution in [2.45, 2.75) is 0 Å². The molecule has 0 fully saturated rings. The summed E-state index contributed by atoms with van der Waals surface area (Å²) in [6.45, 7) is 0. The van der Waals surface area contributed by atoms with Crippen molar-refractivity contribution in [2.75, 3.05) is 0 Å². The maximum atomic E-state index is 6.53. The normalized spacial score (nSPS) is 11.2. The minimum atomic E-state index is 0. The van der Waals surface area contributed by atoms with Crippen LogP contribution in [0.25, 0.3) is 145 Å². The van der Waals surface area contributed by atoms with Gasteiger partial charge in [0.1, 0.15) is 11.2 Å². The van der Waals surface area contributed by atoms with E-state index in [0.717, 1.165) is 145 Å². The van der Waals surface area contributed by atoms with Crippen molar-refractivity contribution in [3.8, 4) is 112 Å². The van der Waals surface area contributed by atoms with Crippen LogP contribution in [0.5, 0.6) is 0 Å². The Kier molecular flexibility index (Phi) is 12.8. The molecule has 4 aromatic heterocycles. The van der Waals surface area contributed by atoms with E-state index in [1.54, 1.807) is 0 Å². The smallest absolute Gasteiger partial charge is 0.456 e. The predicted molar refractivity (Wildman–Crippen MR) is 315 cm³/mol. The molecule has 10 aromatic carbocycles. The summed E-state index contributed by atoms with van der Waals surface area (Å²) < 4.78 is 6.53. The van der Waals surface area contributed by atoms with Gasteiger partial charge in [-0.15, -0.1) is 83.4 Å². The van der Waals surface area contributed by atoms with Crippen LogP contribution >= 0.6 is 0 Å². The summed E-state index contributed by atoms with van der Waals surface area (Å²) in [4.78, 5) is 14.3. The standard InChI is InChI=1S/C73H44N3O.Ir/c1-9-25-70-50(15-1)37-40-71(76-70)54-36-38-64(67(46-54)53-35-39-66-65-22-8-10-26-72(65)77-73(66)47-53)63-21-7-6-20-62(63)57-44-55(60-18-4-2-16-58(60)48-27-31-51(32-28-48)68-23-11-13-41-74-68)43-56(45-57)61-19-5-3-17-59(61)49-29-33-52(34-30-49)69-24-12-14-42-75-69;/h1-31,33,35,37-47H;/q-3;+3. The number of hydrogen-bond acceptors (Lipinski definition) is 4. The summed E-state index contributed by atoms with van der Waals surface area (Å²) in [7, 11) is 0. The van der Waals surface area contributed by atoms with E-state index in [1.165, 1.54) is 0 Å². The molecule has 0 aliphatic rings. The molecule has 14 aromatic rings. The summed E-state index contributed by atoms with van der Waals surface area (Å²) in [5.74, 6) is 0. The van der Waals surface area contributed by atoms with Crippen molar-refractivity contribution in [2.24, 2.45) is 0 Å². The third kappa shape index (κ3) is 9.11. The molecule has 0 saturated heterocycles. The predicted octanol–water partition coefficient (Wildman–Crippen LogP) is 19.0. The van der Waals surface area contributed by atoms with Gasteiger partial charge < -0.3 is 14.4 Å². The van der Waals surface area contributed by atoms with Gasteiger partial charge in [-0.3, -0.25) is 4.98 Å². The van der Waals surface area contributed by atoms with Crippen LogP contribution in [0.2, 0.25) is 0 Å². The largest absolute Gasteiger partial charge is 3.00 e. The van der Waals surface area contributed by atoms with E-state index in [9.17, 15) is 0 Å². The van der Waals surface area contributed by atoms with Crippen LogP contribution in [0.4, 0.5) is 0 Å². The molecule has 14 rings (SSSR count). The molecular formula is C73H44IrN3O. The molecule has 0 radical (unpaired) electrons. The van der Waals surface area contributed by atoms with Crippen molar-refractivity contribution < 1.29 is 24.5 Å². The average Bonchev–Trinajstić information content (AvgIpc) is 3.97. The van der Waals surface area contributed by atoms with Gasteiger partial charge >= 0.3 is 20.1 Å². The van der Waals surface area contributed by atoms with Gasteiger partial charge in [0.15, 0.2) is 0 Å². The van der Waals surface area contributed by atoms with Crippen molar-refractivity contribution >= 4 is 32.8 Å². The fourth-order valence-corrected chi connectivity index (χ4v) is 10.8. The second-order valence-corrected chi connectivity index (χ2v) is 19.2. The van der Waals surface area contributed by atoms with E-state index in [4.69, 9.17) is 9.40 Å². The molecule has 0 aliphatic heterocycles. The Morgan fingerprint density at radius 2 is 0.795 bits per heavy atom. The van der Waals surface area contributed by atoms with Crippen LogP contribution in [0.3, 0.4) is 0 Å². The number of aromatic nitrogens is 3. The Balaban J connectivity index is 0.00000579. The average molecular weight is 1170 g/mol. The summed E-state index contributed by atoms with van der Waals surface area (Å²) in [5.41, 5.74) is 23.2. The molecule has 4 heterocycles. The number of benzene rings is 10. The van der Waals surface area contributed by atoms with Crippen LogP contribution < -0.4 is 0 Å². The van der Waals surface area contributed by atoms with Gasteiger partial charge in [-0.25, -0.2) is 0 Å². The maximum absolute atomic E-state index is 6.53. The first-order chi connectivity index (χ1) is 38.1. The Hall–Kier alpha value is -9.64. The van der Waals surface area contributed by atoms with Gasteiger partial charge in [0.2, 0.25) is 0 Å². The first kappa shape index (κ1) is 48.0. The minimum Gasteiger partial charge on any atom is -0.456 e. The maximum Gasteiger partial charge on any atom is 3.00 e. The third-order valence-electron chi connectivity index (χ3n) is 14.6. The Labute approximate surface area is 466 Å². The Morgan fingerprint density at radius 3 is 1.38 bits per heavy atom. The van der Waals surface area contributed by atoms with Crippen LogP contribution in [-0.4, -0.2) is 15.0 Å². The molecule has 0 N–H and O–H groups in total. The van der Waals surface area contributed by atoms with Gasteiger partial charge in [0.25, 0.3) is 0 Å². The van der Waals surface area contributed by atoms with Gasteiger partial charge in [0.05, 0.1) is 5.52 Å². The minimum absolute atomic E-state index is 0. The summed E-state index contributed by atoms with van der Waals surface area (Å²) in [6.07, 6.45) is 3.64. The van der Waals surface area contributed by atoms with Crippen LogP contribution in [0, 0.1) is 18.2 Å². The second kappa shape index (κ2) is 20.8. The molecule has 0 amide bonds. The third-order valence-corrected chi connectivity index (χ3v) is 14.6. The van der Waals surface area contributed by atoms with Crippen LogP contribution in [-0.2, 0) is 20.1 Å². The van der Waals surface area contributed by atoms with Crippen LogP contribution in [0.15, 0.2) is 272 Å². The molecular weight excluding hydrogens is 1130 g/mol. The van der Waals surface area contributed by atoms with Crippen molar-refractivity contribution in [3.63, 3.8) is 0 Å². The number of furan rings is 1. The SMILES string of the molecule is [Ir+3].[c-]1cc(-c2ccccc2-c2cc(-c3ccccc3-c3c[c-]c(-c4ccccn4)cc3)cc(-c3ccccc3-c3c[c-]c(-c4ccc5ccccc5n4)cc3-c3ccc4c(c3)oc3ccccc34)c2)ccc1-c1ccccn1. The number of nitrogens with zero attached hydrogens (tertiary/aromatic N) is 3. The zero-order valence-corrected chi connectivity index (χ0v) is 44.4. The monoisotopic (exact) mass is 1170 g/mol. The molecule has 4 nitrogen and oxygen atoms in total. The summed E-state index contributed by atoms with van der Waals surface area (Å²) in [6, 6.07) is 100. The summed E-state index contributed by atoms with van der Waals surface area (Å²) in [5, 5.41) is 3.28. The molecule has 0 bridgehead atoms. The second-order valence-electron chi connectivity index (χ2n) is 19.2. The quantitative estimate of drug-likeness (QED) is 0.128. The topological polar surface area (TPSA) is 51.8 Å². The van der Waals surface area contributed by atoms with E-state index in [0.29, 0.717) is 0 Å². The first-order valence-corrected chi connectivity index (χ1v) is 25.8. The van der Waals surface area contributed by atoms with Gasteiger partial charge in [-0.2, -0.15) is 0 Å². The number of para-hydroxylation sites is 2. The van der Waals surface area contributed by atoms with Crippen molar-refractivity contribution in [1.29, 1.82) is 0 Å². The fourth-order valence-electron chi connectivity index (χ4n) is 10.8. The first-order valence-electron chi connectivity index (χ1n) is 25.8. The molecule has 78 heavy (non-hydrogen) atoms. The van der Waals surface area contributed by atoms with Gasteiger partial charge in [-0.05, 0) is 116 Å². The summed E-state index contributed by atoms with van der Waals surface area (Å²) >= 11 is 0. The number of rotatable bonds is 10. The van der Waals surface area contributed by atoms with E-state index in [2.05, 4.69) is 222 Å². The number of pyridine rings is 3. The van der Waals surface area contributed by atoms with Gasteiger partial charge in [-0.1, -0.05) is 191 Å². The Morgan fingerprint density at radius 1 is 0.295 bits per heavy atom. The Bertz CT molecular complexity index is 4350. The van der Waals surface area contributed by atoms with Crippen molar-refractivity contribution in [3.05, 3.63) is 285 Å². The van der Waals surface area contributed by atoms with E-state index in [1.807, 2.05) is 73.1 Å². The molecule has 0 atom stereocenters. The molecule has 0 spiro atoms. The van der Waals surface area contributed by atoms with E-state index >= 15 is 0 Å². The molecule has 5 heteroatoms. The van der Waals surface area contributed by atoms with Crippen LogP contribution in [0.1, 0.15) is 0 Å². The zero-order chi connectivity index (χ0) is 51.1. The molecule has 366 valence electrons. The fraction of sp³-hybridized carbons (Fsp3) is 0. The molecule has 0 saturated carbocycles. The number of hydrogen-bond donors (Lipinski definition) is 0. The number of fused-ring (bicyclic) bond motifs is 4. The molecule has 0 unspecified atom stereocenters. The molecule has 0 aliphatic carbocycles. The van der Waals surface area contributed by atoms with E-state index in [-0.39, 0.29) is 20.1 Å². The van der Waals surface area contributed by atoms with Crippen molar-refractivity contribution in [1.82, 2.24) is 15.0 Å². The van der Waals surface area contributed by atoms with E-state index < -0.39 is 0 Å². The zero-order valence-electron chi connectivity index (χ0n) is 42.0.